The van der Waals surface area contributed by atoms with Gasteiger partial charge in [-0.1, -0.05) is 32.6 Å². The van der Waals surface area contributed by atoms with Crippen molar-refractivity contribution in [2.24, 2.45) is 17.6 Å². The van der Waals surface area contributed by atoms with Crippen molar-refractivity contribution < 1.29 is 4.79 Å². The Morgan fingerprint density at radius 3 is 2.73 bits per heavy atom. The Labute approximate surface area is 92.8 Å². The van der Waals surface area contributed by atoms with Gasteiger partial charge < -0.3 is 11.1 Å². The van der Waals surface area contributed by atoms with Crippen LogP contribution in [0.5, 0.6) is 0 Å². The van der Waals surface area contributed by atoms with E-state index in [1.165, 1.54) is 25.7 Å². The fourth-order valence-corrected chi connectivity index (χ4v) is 2.36. The van der Waals surface area contributed by atoms with E-state index in [0.29, 0.717) is 0 Å². The van der Waals surface area contributed by atoms with E-state index < -0.39 is 0 Å². The molecule has 3 nitrogen and oxygen atoms in total. The Balaban J connectivity index is 2.16. The normalized spacial score (nSPS) is 28.5. The Morgan fingerprint density at radius 1 is 1.47 bits per heavy atom. The van der Waals surface area contributed by atoms with Gasteiger partial charge in [0.1, 0.15) is 0 Å². The lowest BCUT2D eigenvalue weighted by molar-refractivity contribution is -0.122. The molecule has 88 valence electrons. The lowest BCUT2D eigenvalue weighted by Crippen LogP contribution is -2.39. The van der Waals surface area contributed by atoms with E-state index in [4.69, 9.17) is 5.73 Å². The lowest BCUT2D eigenvalue weighted by Gasteiger charge is -2.28. The molecule has 1 aliphatic rings. The molecule has 0 aromatic heterocycles. The van der Waals surface area contributed by atoms with Crippen LogP contribution < -0.4 is 11.1 Å². The van der Waals surface area contributed by atoms with Crippen LogP contribution in [0.1, 0.15) is 46.0 Å². The Kier molecular flexibility index (Phi) is 5.09. The minimum atomic E-state index is -0.381. The van der Waals surface area contributed by atoms with E-state index in [2.05, 4.69) is 12.2 Å². The molecule has 3 N–H and O–H groups in total. The number of carbonyl (C=O) groups excluding carboxylic acids is 1. The summed E-state index contributed by atoms with van der Waals surface area (Å²) in [6.45, 7) is 4.84. The van der Waals surface area contributed by atoms with Crippen LogP contribution in [-0.2, 0) is 4.79 Å². The minimum Gasteiger partial charge on any atom is -0.355 e. The molecule has 1 saturated carbocycles. The zero-order chi connectivity index (χ0) is 11.3. The van der Waals surface area contributed by atoms with Crippen molar-refractivity contribution >= 4 is 5.91 Å². The average molecular weight is 212 g/mol. The topological polar surface area (TPSA) is 55.1 Å². The number of carbonyl (C=O) groups is 1. The SMILES string of the molecule is CC1CCCCC1CCNC(=O)[C@@H](C)N. The molecule has 0 aliphatic heterocycles. The van der Waals surface area contributed by atoms with Gasteiger partial charge in [-0.15, -0.1) is 0 Å². The number of hydrogen-bond donors (Lipinski definition) is 2. The molecule has 0 aromatic carbocycles. The van der Waals surface area contributed by atoms with Crippen LogP contribution in [0.3, 0.4) is 0 Å². The number of nitrogens with two attached hydrogens (primary N) is 1. The molecule has 0 radical (unpaired) electrons. The van der Waals surface area contributed by atoms with Gasteiger partial charge in [0, 0.05) is 6.54 Å². The van der Waals surface area contributed by atoms with Crippen molar-refractivity contribution in [3.05, 3.63) is 0 Å². The molecule has 1 amide bonds. The summed E-state index contributed by atoms with van der Waals surface area (Å²) in [6, 6.07) is -0.381. The van der Waals surface area contributed by atoms with Crippen LogP contribution in [-0.4, -0.2) is 18.5 Å². The highest BCUT2D eigenvalue weighted by molar-refractivity contribution is 5.80. The van der Waals surface area contributed by atoms with Crippen LogP contribution in [0.4, 0.5) is 0 Å². The smallest absolute Gasteiger partial charge is 0.236 e. The monoisotopic (exact) mass is 212 g/mol. The number of hydrogen-bond acceptors (Lipinski definition) is 2. The van der Waals surface area contributed by atoms with Crippen LogP contribution in [0.15, 0.2) is 0 Å². The van der Waals surface area contributed by atoms with Gasteiger partial charge in [0.15, 0.2) is 0 Å². The summed E-state index contributed by atoms with van der Waals surface area (Å²) in [7, 11) is 0. The molecule has 0 saturated heterocycles. The first-order valence-corrected chi connectivity index (χ1v) is 6.14. The largest absolute Gasteiger partial charge is 0.355 e. The van der Waals surface area contributed by atoms with Crippen molar-refractivity contribution in [1.29, 1.82) is 0 Å². The highest BCUT2D eigenvalue weighted by Gasteiger charge is 2.20. The average Bonchev–Trinajstić information content (AvgIpc) is 2.20. The maximum absolute atomic E-state index is 11.2. The van der Waals surface area contributed by atoms with Crippen molar-refractivity contribution in [2.75, 3.05) is 6.54 Å². The lowest BCUT2D eigenvalue weighted by atomic mass is 9.79. The van der Waals surface area contributed by atoms with E-state index in [-0.39, 0.29) is 11.9 Å². The standard InChI is InChI=1S/C12H24N2O/c1-9-5-3-4-6-11(9)7-8-14-12(15)10(2)13/h9-11H,3-8,13H2,1-2H3,(H,14,15)/t9?,10-,11?/m1/s1. The molecule has 3 atom stereocenters. The molecule has 0 heterocycles. The van der Waals surface area contributed by atoms with Crippen LogP contribution in [0, 0.1) is 11.8 Å². The zero-order valence-electron chi connectivity index (χ0n) is 9.96. The Bertz CT molecular complexity index is 204. The van der Waals surface area contributed by atoms with E-state index >= 15 is 0 Å². The third-order valence-electron chi connectivity index (χ3n) is 3.52. The fraction of sp³-hybridized carbons (Fsp3) is 0.917. The second kappa shape index (κ2) is 6.11. The van der Waals surface area contributed by atoms with Gasteiger partial charge in [0.05, 0.1) is 6.04 Å². The zero-order valence-corrected chi connectivity index (χ0v) is 9.96. The Morgan fingerprint density at radius 2 is 2.13 bits per heavy atom. The summed E-state index contributed by atoms with van der Waals surface area (Å²) in [5.74, 6) is 1.59. The van der Waals surface area contributed by atoms with Gasteiger partial charge in [-0.25, -0.2) is 0 Å². The van der Waals surface area contributed by atoms with E-state index in [9.17, 15) is 4.79 Å². The van der Waals surface area contributed by atoms with Gasteiger partial charge in [0.25, 0.3) is 0 Å². The number of rotatable bonds is 4. The summed E-state index contributed by atoms with van der Waals surface area (Å²) in [4.78, 5) is 11.2. The quantitative estimate of drug-likeness (QED) is 0.744. The molecule has 15 heavy (non-hydrogen) atoms. The summed E-state index contributed by atoms with van der Waals surface area (Å²) >= 11 is 0. The summed E-state index contributed by atoms with van der Waals surface area (Å²) in [6.07, 6.45) is 6.53. The predicted octanol–water partition coefficient (Wildman–Crippen LogP) is 1.67. The molecular formula is C12H24N2O. The summed E-state index contributed by atoms with van der Waals surface area (Å²) in [5, 5.41) is 2.89. The molecule has 1 fully saturated rings. The fourth-order valence-electron chi connectivity index (χ4n) is 2.36. The molecule has 3 heteroatoms. The predicted molar refractivity (Wildman–Crippen MR) is 62.4 cm³/mol. The molecule has 0 spiro atoms. The van der Waals surface area contributed by atoms with Crippen LogP contribution in [0.25, 0.3) is 0 Å². The van der Waals surface area contributed by atoms with Crippen LogP contribution >= 0.6 is 0 Å². The molecule has 1 rings (SSSR count). The van der Waals surface area contributed by atoms with E-state index in [0.717, 1.165) is 24.8 Å². The van der Waals surface area contributed by atoms with Crippen molar-refractivity contribution in [3.8, 4) is 0 Å². The van der Waals surface area contributed by atoms with Gasteiger partial charge in [-0.2, -0.15) is 0 Å². The maximum atomic E-state index is 11.2. The van der Waals surface area contributed by atoms with Crippen molar-refractivity contribution in [3.63, 3.8) is 0 Å². The number of amides is 1. The van der Waals surface area contributed by atoms with Crippen molar-refractivity contribution in [2.45, 2.75) is 52.0 Å². The molecule has 1 aliphatic carbocycles. The van der Waals surface area contributed by atoms with Crippen LogP contribution in [0.2, 0.25) is 0 Å². The van der Waals surface area contributed by atoms with Gasteiger partial charge >= 0.3 is 0 Å². The van der Waals surface area contributed by atoms with Gasteiger partial charge in [0.2, 0.25) is 5.91 Å². The molecule has 0 bridgehead atoms. The van der Waals surface area contributed by atoms with Crippen molar-refractivity contribution in [1.82, 2.24) is 5.32 Å². The first-order valence-electron chi connectivity index (χ1n) is 6.14. The highest BCUT2D eigenvalue weighted by atomic mass is 16.2. The van der Waals surface area contributed by atoms with E-state index in [1.807, 2.05) is 0 Å². The second-order valence-corrected chi connectivity index (χ2v) is 4.89. The molecule has 2 unspecified atom stereocenters. The number of nitrogens with one attached hydrogen (secondary N) is 1. The maximum Gasteiger partial charge on any atom is 0.236 e. The first-order chi connectivity index (χ1) is 7.11. The highest BCUT2D eigenvalue weighted by Crippen LogP contribution is 2.31. The third-order valence-corrected chi connectivity index (χ3v) is 3.52. The van der Waals surface area contributed by atoms with E-state index in [1.54, 1.807) is 6.92 Å². The summed E-state index contributed by atoms with van der Waals surface area (Å²) < 4.78 is 0. The first kappa shape index (κ1) is 12.5. The third kappa shape index (κ3) is 4.20. The molecular weight excluding hydrogens is 188 g/mol. The second-order valence-electron chi connectivity index (χ2n) is 4.89. The summed E-state index contributed by atoms with van der Waals surface area (Å²) in [5.41, 5.74) is 5.47. The van der Waals surface area contributed by atoms with Gasteiger partial charge in [-0.05, 0) is 25.2 Å². The Hall–Kier alpha value is -0.570. The minimum absolute atomic E-state index is 0.0292. The van der Waals surface area contributed by atoms with Gasteiger partial charge in [-0.3, -0.25) is 4.79 Å². The molecule has 0 aromatic rings.